The first-order valence-electron chi connectivity index (χ1n) is 10.6. The summed E-state index contributed by atoms with van der Waals surface area (Å²) < 4.78 is 26.1. The zero-order chi connectivity index (χ0) is 21.3. The topological polar surface area (TPSA) is 89.9 Å². The molecule has 164 valence electrons. The molecule has 29 heavy (non-hydrogen) atoms. The first-order chi connectivity index (χ1) is 13.9. The summed E-state index contributed by atoms with van der Waals surface area (Å²) in [7, 11) is -3.25. The second kappa shape index (κ2) is 11.3. The number of aliphatic imine (C=N–C) groups is 1. The molecule has 0 saturated carbocycles. The monoisotopic (exact) mass is 424 g/mol. The predicted octanol–water partition coefficient (Wildman–Crippen LogP) is 1.59. The molecule has 2 heterocycles. The van der Waals surface area contributed by atoms with Crippen molar-refractivity contribution in [1.82, 2.24) is 19.9 Å². The smallest absolute Gasteiger partial charge is 0.215 e. The van der Waals surface area contributed by atoms with E-state index < -0.39 is 10.0 Å². The molecule has 9 heteroatoms. The van der Waals surface area contributed by atoms with E-state index in [0.717, 1.165) is 38.3 Å². The molecule has 1 fully saturated rings. The summed E-state index contributed by atoms with van der Waals surface area (Å²) in [4.78, 5) is 11.3. The number of aryl methyl sites for hydroxylation is 1. The molecule has 0 bridgehead atoms. The van der Waals surface area contributed by atoms with Gasteiger partial charge in [-0.2, -0.15) is 0 Å². The number of aromatic nitrogens is 1. The number of nitrogens with one attached hydrogen (secondary N) is 2. The van der Waals surface area contributed by atoms with Gasteiger partial charge in [0.15, 0.2) is 5.96 Å². The highest BCUT2D eigenvalue weighted by Gasteiger charge is 2.21. The second-order valence-corrected chi connectivity index (χ2v) is 9.35. The molecular formula is C20H36N6O2S. The molecule has 0 unspecified atom stereocenters. The standard InChI is InChI=1S/C20H36N6O2S/c1-5-21-20(22-12-15-29(27,28)26(6-2)7-3)24-18-10-13-25(14-11-18)19-9-8-17(4)16-23-19/h8-9,16,18H,5-7,10-15H2,1-4H3,(H2,21,22,24). The summed E-state index contributed by atoms with van der Waals surface area (Å²) in [6.45, 7) is 11.6. The Morgan fingerprint density at radius 3 is 2.48 bits per heavy atom. The van der Waals surface area contributed by atoms with Crippen LogP contribution in [-0.4, -0.2) is 74.7 Å². The molecule has 2 rings (SSSR count). The zero-order valence-electron chi connectivity index (χ0n) is 18.2. The molecule has 0 radical (unpaired) electrons. The van der Waals surface area contributed by atoms with Crippen molar-refractivity contribution in [1.29, 1.82) is 0 Å². The van der Waals surface area contributed by atoms with Gasteiger partial charge in [0.05, 0.1) is 12.3 Å². The Hall–Kier alpha value is -1.87. The number of hydrogen-bond acceptors (Lipinski definition) is 5. The van der Waals surface area contributed by atoms with Crippen molar-refractivity contribution in [2.24, 2.45) is 4.99 Å². The van der Waals surface area contributed by atoms with Crippen LogP contribution in [0.25, 0.3) is 0 Å². The van der Waals surface area contributed by atoms with Crippen molar-refractivity contribution in [2.75, 3.05) is 49.9 Å². The van der Waals surface area contributed by atoms with Crippen molar-refractivity contribution < 1.29 is 8.42 Å². The Morgan fingerprint density at radius 2 is 1.93 bits per heavy atom. The van der Waals surface area contributed by atoms with Crippen LogP contribution >= 0.6 is 0 Å². The van der Waals surface area contributed by atoms with E-state index in [1.807, 2.05) is 33.9 Å². The molecule has 1 saturated heterocycles. The van der Waals surface area contributed by atoms with Gasteiger partial charge in [-0.3, -0.25) is 4.99 Å². The van der Waals surface area contributed by atoms with Crippen LogP contribution < -0.4 is 15.5 Å². The Bertz CT molecular complexity index is 739. The first kappa shape index (κ1) is 23.4. The van der Waals surface area contributed by atoms with E-state index in [9.17, 15) is 8.42 Å². The average molecular weight is 425 g/mol. The van der Waals surface area contributed by atoms with Gasteiger partial charge in [0.2, 0.25) is 10.0 Å². The van der Waals surface area contributed by atoms with Crippen LogP contribution in [0.3, 0.4) is 0 Å². The Balaban J connectivity index is 1.87. The normalized spacial score (nSPS) is 16.3. The minimum atomic E-state index is -3.25. The number of rotatable bonds is 9. The molecule has 8 nitrogen and oxygen atoms in total. The number of guanidine groups is 1. The third-order valence-electron chi connectivity index (χ3n) is 5.12. The molecule has 1 aromatic heterocycles. The fourth-order valence-electron chi connectivity index (χ4n) is 3.43. The van der Waals surface area contributed by atoms with E-state index in [-0.39, 0.29) is 12.3 Å². The maximum absolute atomic E-state index is 12.3. The lowest BCUT2D eigenvalue weighted by atomic mass is 10.1. The Kier molecular flexibility index (Phi) is 9.16. The first-order valence-corrected chi connectivity index (χ1v) is 12.2. The fourth-order valence-corrected chi connectivity index (χ4v) is 4.80. The minimum absolute atomic E-state index is 0.0305. The lowest BCUT2D eigenvalue weighted by Crippen LogP contribution is -2.49. The van der Waals surface area contributed by atoms with Crippen LogP contribution in [0.1, 0.15) is 39.2 Å². The van der Waals surface area contributed by atoms with E-state index >= 15 is 0 Å². The van der Waals surface area contributed by atoms with Crippen LogP contribution in [0.15, 0.2) is 23.3 Å². The number of hydrogen-bond donors (Lipinski definition) is 2. The third kappa shape index (κ3) is 7.15. The number of anilines is 1. The van der Waals surface area contributed by atoms with Crippen molar-refractivity contribution in [3.8, 4) is 0 Å². The van der Waals surface area contributed by atoms with Gasteiger partial charge in [-0.1, -0.05) is 19.9 Å². The largest absolute Gasteiger partial charge is 0.357 e. The van der Waals surface area contributed by atoms with E-state index in [1.165, 1.54) is 9.87 Å². The van der Waals surface area contributed by atoms with Crippen molar-refractivity contribution in [3.63, 3.8) is 0 Å². The quantitative estimate of drug-likeness (QED) is 0.462. The number of nitrogens with zero attached hydrogens (tertiary/aromatic N) is 4. The van der Waals surface area contributed by atoms with Crippen molar-refractivity contribution in [3.05, 3.63) is 23.9 Å². The summed E-state index contributed by atoms with van der Waals surface area (Å²) in [6.07, 6.45) is 3.87. The molecule has 0 atom stereocenters. The summed E-state index contributed by atoms with van der Waals surface area (Å²) >= 11 is 0. The van der Waals surface area contributed by atoms with Gasteiger partial charge in [-0.25, -0.2) is 17.7 Å². The van der Waals surface area contributed by atoms with Gasteiger partial charge in [-0.05, 0) is 38.3 Å². The summed E-state index contributed by atoms with van der Waals surface area (Å²) in [6, 6.07) is 4.48. The van der Waals surface area contributed by atoms with E-state index in [4.69, 9.17) is 0 Å². The highest BCUT2D eigenvalue weighted by atomic mass is 32.2. The van der Waals surface area contributed by atoms with Crippen LogP contribution in [0.5, 0.6) is 0 Å². The maximum Gasteiger partial charge on any atom is 0.215 e. The minimum Gasteiger partial charge on any atom is -0.357 e. The molecule has 0 aromatic carbocycles. The average Bonchev–Trinajstić information content (AvgIpc) is 2.70. The summed E-state index contributed by atoms with van der Waals surface area (Å²) in [5.41, 5.74) is 1.17. The lowest BCUT2D eigenvalue weighted by molar-refractivity contribution is 0.445. The highest BCUT2D eigenvalue weighted by Crippen LogP contribution is 2.18. The zero-order valence-corrected chi connectivity index (χ0v) is 19.0. The molecule has 0 amide bonds. The number of pyridine rings is 1. The molecule has 2 N–H and O–H groups in total. The lowest BCUT2D eigenvalue weighted by Gasteiger charge is -2.33. The van der Waals surface area contributed by atoms with Gasteiger partial charge in [0, 0.05) is 45.0 Å². The summed E-state index contributed by atoms with van der Waals surface area (Å²) in [5, 5.41) is 6.69. The molecule has 1 aromatic rings. The van der Waals surface area contributed by atoms with Crippen LogP contribution in [-0.2, 0) is 10.0 Å². The van der Waals surface area contributed by atoms with Gasteiger partial charge in [0.25, 0.3) is 0 Å². The third-order valence-corrected chi connectivity index (χ3v) is 7.12. The van der Waals surface area contributed by atoms with E-state index in [2.05, 4.69) is 37.6 Å². The predicted molar refractivity (Wildman–Crippen MR) is 120 cm³/mol. The molecule has 1 aliphatic rings. The van der Waals surface area contributed by atoms with Crippen LogP contribution in [0.2, 0.25) is 0 Å². The van der Waals surface area contributed by atoms with Gasteiger partial charge in [0.1, 0.15) is 5.82 Å². The van der Waals surface area contributed by atoms with Crippen LogP contribution in [0, 0.1) is 6.92 Å². The van der Waals surface area contributed by atoms with Crippen LogP contribution in [0.4, 0.5) is 5.82 Å². The number of sulfonamides is 1. The SMILES string of the molecule is CCNC(=NCCS(=O)(=O)N(CC)CC)NC1CCN(c2ccc(C)cn2)CC1. The maximum atomic E-state index is 12.3. The molecular weight excluding hydrogens is 388 g/mol. The second-order valence-electron chi connectivity index (χ2n) is 7.26. The van der Waals surface area contributed by atoms with E-state index in [1.54, 1.807) is 0 Å². The summed E-state index contributed by atoms with van der Waals surface area (Å²) in [5.74, 6) is 1.74. The fraction of sp³-hybridized carbons (Fsp3) is 0.700. The molecule has 0 spiro atoms. The Labute approximate surface area is 175 Å². The Morgan fingerprint density at radius 1 is 1.24 bits per heavy atom. The molecule has 1 aliphatic heterocycles. The van der Waals surface area contributed by atoms with Crippen molar-refractivity contribution >= 4 is 21.8 Å². The number of piperidine rings is 1. The van der Waals surface area contributed by atoms with Crippen molar-refractivity contribution in [2.45, 2.75) is 46.6 Å². The highest BCUT2D eigenvalue weighted by molar-refractivity contribution is 7.89. The van der Waals surface area contributed by atoms with Gasteiger partial charge in [-0.15, -0.1) is 0 Å². The van der Waals surface area contributed by atoms with Gasteiger partial charge < -0.3 is 15.5 Å². The molecule has 0 aliphatic carbocycles. The van der Waals surface area contributed by atoms with E-state index in [0.29, 0.717) is 25.1 Å². The van der Waals surface area contributed by atoms with Gasteiger partial charge >= 0.3 is 0 Å².